The molecule has 1 aliphatic heterocycles. The van der Waals surface area contributed by atoms with E-state index >= 15 is 0 Å². The van der Waals surface area contributed by atoms with Crippen molar-refractivity contribution in [1.29, 1.82) is 0 Å². The number of rotatable bonds is 7. The third-order valence-corrected chi connectivity index (χ3v) is 4.74. The average Bonchev–Trinajstić information content (AvgIpc) is 2.89. The van der Waals surface area contributed by atoms with Crippen LogP contribution in [0, 0.1) is 0 Å². The van der Waals surface area contributed by atoms with E-state index < -0.39 is 0 Å². The van der Waals surface area contributed by atoms with Crippen molar-refractivity contribution in [2.45, 2.75) is 32.5 Å². The van der Waals surface area contributed by atoms with Gasteiger partial charge in [-0.1, -0.05) is 19.1 Å². The molecule has 5 heteroatoms. The predicted octanol–water partition coefficient (Wildman–Crippen LogP) is 2.66. The first-order valence-corrected chi connectivity index (χ1v) is 8.59. The van der Waals surface area contributed by atoms with Crippen LogP contribution in [0.4, 0.5) is 0 Å². The number of methoxy groups -OCH3 is 1. The van der Waals surface area contributed by atoms with E-state index in [0.29, 0.717) is 6.54 Å². The molecule has 1 heterocycles. The lowest BCUT2D eigenvalue weighted by molar-refractivity contribution is -0.130. The van der Waals surface area contributed by atoms with Crippen molar-refractivity contribution in [3.8, 4) is 5.75 Å². The summed E-state index contributed by atoms with van der Waals surface area (Å²) in [5.41, 5.74) is 1.11. The van der Waals surface area contributed by atoms with E-state index in [9.17, 15) is 4.79 Å². The fraction of sp³-hybridized carbons (Fsp3) is 0.562. The van der Waals surface area contributed by atoms with Crippen LogP contribution >= 0.6 is 11.8 Å². The molecule has 1 amide bonds. The van der Waals surface area contributed by atoms with E-state index in [-0.39, 0.29) is 18.1 Å². The zero-order valence-electron chi connectivity index (χ0n) is 13.0. The highest BCUT2D eigenvalue weighted by Crippen LogP contribution is 2.27. The normalized spacial score (nSPS) is 19.9. The highest BCUT2D eigenvalue weighted by atomic mass is 32.2. The number of hydrogen-bond acceptors (Lipinski definition) is 4. The van der Waals surface area contributed by atoms with Gasteiger partial charge >= 0.3 is 0 Å². The zero-order chi connectivity index (χ0) is 15.2. The summed E-state index contributed by atoms with van der Waals surface area (Å²) in [5, 5.41) is 3.31. The molecule has 0 aromatic heterocycles. The molecule has 1 fully saturated rings. The monoisotopic (exact) mass is 308 g/mol. The summed E-state index contributed by atoms with van der Waals surface area (Å²) >= 11 is 1.92. The number of amides is 1. The van der Waals surface area contributed by atoms with Gasteiger partial charge in [0.15, 0.2) is 0 Å². The number of carbonyl (C=O) groups excluding carboxylic acids is 1. The molecule has 0 bridgehead atoms. The van der Waals surface area contributed by atoms with Gasteiger partial charge in [-0.05, 0) is 42.5 Å². The number of thioether (sulfide) groups is 1. The van der Waals surface area contributed by atoms with Crippen molar-refractivity contribution in [2.75, 3.05) is 25.2 Å². The molecule has 2 unspecified atom stereocenters. The van der Waals surface area contributed by atoms with Gasteiger partial charge in [0.25, 0.3) is 0 Å². The predicted molar refractivity (Wildman–Crippen MR) is 87.7 cm³/mol. The summed E-state index contributed by atoms with van der Waals surface area (Å²) in [5.74, 6) is 3.24. The highest BCUT2D eigenvalue weighted by molar-refractivity contribution is 7.99. The summed E-state index contributed by atoms with van der Waals surface area (Å²) in [7, 11) is 1.66. The SMILES string of the molecule is CCSCCC(C)N1C(=O)CNC1c1ccc(OC)cc1. The van der Waals surface area contributed by atoms with E-state index in [4.69, 9.17) is 4.74 Å². The van der Waals surface area contributed by atoms with Crippen LogP contribution in [0.5, 0.6) is 5.75 Å². The third kappa shape index (κ3) is 3.92. The third-order valence-electron chi connectivity index (χ3n) is 3.80. The Hall–Kier alpha value is -1.20. The molecule has 1 aromatic carbocycles. The lowest BCUT2D eigenvalue weighted by Gasteiger charge is -2.30. The molecule has 1 saturated heterocycles. The van der Waals surface area contributed by atoms with Crippen LogP contribution in [0.25, 0.3) is 0 Å². The Morgan fingerprint density at radius 3 is 2.76 bits per heavy atom. The summed E-state index contributed by atoms with van der Waals surface area (Å²) in [6.45, 7) is 4.72. The van der Waals surface area contributed by atoms with Crippen molar-refractivity contribution < 1.29 is 9.53 Å². The lowest BCUT2D eigenvalue weighted by Crippen LogP contribution is -2.38. The Bertz CT molecular complexity index is 464. The fourth-order valence-electron chi connectivity index (χ4n) is 2.62. The van der Waals surface area contributed by atoms with E-state index in [1.165, 1.54) is 0 Å². The molecule has 0 spiro atoms. The van der Waals surface area contributed by atoms with Crippen molar-refractivity contribution in [3.05, 3.63) is 29.8 Å². The first-order valence-electron chi connectivity index (χ1n) is 7.43. The minimum absolute atomic E-state index is 0.0231. The van der Waals surface area contributed by atoms with Crippen LogP contribution < -0.4 is 10.1 Å². The van der Waals surface area contributed by atoms with E-state index in [1.807, 2.05) is 40.9 Å². The van der Waals surface area contributed by atoms with E-state index in [2.05, 4.69) is 19.2 Å². The first-order chi connectivity index (χ1) is 10.2. The van der Waals surface area contributed by atoms with Gasteiger partial charge < -0.3 is 9.64 Å². The number of nitrogens with zero attached hydrogens (tertiary/aromatic N) is 1. The van der Waals surface area contributed by atoms with Gasteiger partial charge in [-0.3, -0.25) is 10.1 Å². The van der Waals surface area contributed by atoms with Crippen molar-refractivity contribution in [1.82, 2.24) is 10.2 Å². The van der Waals surface area contributed by atoms with Crippen LogP contribution in [0.1, 0.15) is 32.0 Å². The number of hydrogen-bond donors (Lipinski definition) is 1. The molecule has 1 aliphatic rings. The molecular formula is C16H24N2O2S. The Labute approximate surface area is 131 Å². The topological polar surface area (TPSA) is 41.6 Å². The lowest BCUT2D eigenvalue weighted by atomic mass is 10.1. The number of benzene rings is 1. The van der Waals surface area contributed by atoms with Crippen LogP contribution in [0.15, 0.2) is 24.3 Å². The van der Waals surface area contributed by atoms with Crippen LogP contribution in [0.3, 0.4) is 0 Å². The van der Waals surface area contributed by atoms with Gasteiger partial charge in [-0.2, -0.15) is 11.8 Å². The molecule has 4 nitrogen and oxygen atoms in total. The molecule has 0 aliphatic carbocycles. The zero-order valence-corrected chi connectivity index (χ0v) is 13.8. The van der Waals surface area contributed by atoms with Gasteiger partial charge in [0, 0.05) is 6.04 Å². The molecule has 116 valence electrons. The number of carbonyl (C=O) groups is 1. The molecule has 21 heavy (non-hydrogen) atoms. The van der Waals surface area contributed by atoms with Gasteiger partial charge in [0.1, 0.15) is 11.9 Å². The summed E-state index contributed by atoms with van der Waals surface area (Å²) in [6, 6.07) is 8.18. The van der Waals surface area contributed by atoms with Gasteiger partial charge in [0.2, 0.25) is 5.91 Å². The second-order valence-corrected chi connectivity index (χ2v) is 6.59. The Kier molecular flexibility index (Phi) is 5.94. The first kappa shape index (κ1) is 16.2. The largest absolute Gasteiger partial charge is 0.497 e. The van der Waals surface area contributed by atoms with Crippen molar-refractivity contribution in [3.63, 3.8) is 0 Å². The average molecular weight is 308 g/mol. The summed E-state index contributed by atoms with van der Waals surface area (Å²) in [4.78, 5) is 14.2. The molecular weight excluding hydrogens is 284 g/mol. The molecule has 0 radical (unpaired) electrons. The molecule has 1 N–H and O–H groups in total. The van der Waals surface area contributed by atoms with Crippen LogP contribution in [0.2, 0.25) is 0 Å². The maximum Gasteiger partial charge on any atom is 0.238 e. The standard InChI is InChI=1S/C16H24N2O2S/c1-4-21-10-9-12(2)18-15(19)11-17-16(18)13-5-7-14(20-3)8-6-13/h5-8,12,16-17H,4,9-11H2,1-3H3. The maximum absolute atomic E-state index is 12.2. The van der Waals surface area contributed by atoms with Gasteiger partial charge in [-0.15, -0.1) is 0 Å². The van der Waals surface area contributed by atoms with Gasteiger partial charge in [-0.25, -0.2) is 0 Å². The Morgan fingerprint density at radius 1 is 1.43 bits per heavy atom. The highest BCUT2D eigenvalue weighted by Gasteiger charge is 2.34. The minimum Gasteiger partial charge on any atom is -0.497 e. The molecule has 1 aromatic rings. The molecule has 0 saturated carbocycles. The minimum atomic E-state index is -0.0231. The second kappa shape index (κ2) is 7.71. The molecule has 2 rings (SSSR count). The quantitative estimate of drug-likeness (QED) is 0.786. The molecule has 2 atom stereocenters. The van der Waals surface area contributed by atoms with Crippen LogP contribution in [-0.4, -0.2) is 42.0 Å². The summed E-state index contributed by atoms with van der Waals surface area (Å²) in [6.07, 6.45) is 1.00. The Balaban J connectivity index is 2.07. The second-order valence-electron chi connectivity index (χ2n) is 5.19. The van der Waals surface area contributed by atoms with Crippen molar-refractivity contribution in [2.24, 2.45) is 0 Å². The Morgan fingerprint density at radius 2 is 2.14 bits per heavy atom. The van der Waals surface area contributed by atoms with Crippen LogP contribution in [-0.2, 0) is 4.79 Å². The van der Waals surface area contributed by atoms with Crippen molar-refractivity contribution >= 4 is 17.7 Å². The smallest absolute Gasteiger partial charge is 0.238 e. The van der Waals surface area contributed by atoms with E-state index in [1.54, 1.807) is 7.11 Å². The maximum atomic E-state index is 12.2. The fourth-order valence-corrected chi connectivity index (χ4v) is 3.42. The number of nitrogens with one attached hydrogen (secondary N) is 1. The summed E-state index contributed by atoms with van der Waals surface area (Å²) < 4.78 is 5.19. The van der Waals surface area contributed by atoms with E-state index in [0.717, 1.165) is 29.2 Å². The number of ether oxygens (including phenoxy) is 1. The van der Waals surface area contributed by atoms with Gasteiger partial charge in [0.05, 0.1) is 13.7 Å².